The van der Waals surface area contributed by atoms with Gasteiger partial charge >= 0.3 is 0 Å². The van der Waals surface area contributed by atoms with Crippen molar-refractivity contribution in [3.63, 3.8) is 0 Å². The molecule has 0 saturated heterocycles. The van der Waals surface area contributed by atoms with Gasteiger partial charge in [0.2, 0.25) is 0 Å². The van der Waals surface area contributed by atoms with Crippen LogP contribution in [0.2, 0.25) is 0 Å². The molecule has 4 heteroatoms. The average molecular weight is 230 g/mol. The number of ether oxygens (including phenoxy) is 1. The molecule has 1 amide bonds. The van der Waals surface area contributed by atoms with Crippen LogP contribution in [0.3, 0.4) is 0 Å². The lowest BCUT2D eigenvalue weighted by Gasteiger charge is -2.24. The van der Waals surface area contributed by atoms with Crippen molar-refractivity contribution in [3.8, 4) is 11.8 Å². The smallest absolute Gasteiger partial charge is 0.262 e. The monoisotopic (exact) mass is 230 g/mol. The van der Waals surface area contributed by atoms with Gasteiger partial charge in [0.1, 0.15) is 17.5 Å². The molecule has 1 heterocycles. The van der Waals surface area contributed by atoms with Crippen LogP contribution in [0.25, 0.3) is 0 Å². The van der Waals surface area contributed by atoms with Crippen LogP contribution in [-0.4, -0.2) is 12.5 Å². The summed E-state index contributed by atoms with van der Waals surface area (Å²) >= 11 is 0. The highest BCUT2D eigenvalue weighted by Crippen LogP contribution is 2.36. The number of nitrogens with zero attached hydrogens (tertiary/aromatic N) is 1. The van der Waals surface area contributed by atoms with Gasteiger partial charge in [-0.15, -0.1) is 0 Å². The molecule has 0 aliphatic carbocycles. The van der Waals surface area contributed by atoms with Crippen molar-refractivity contribution in [2.24, 2.45) is 0 Å². The molecule has 4 nitrogen and oxygen atoms in total. The molecule has 0 spiro atoms. The van der Waals surface area contributed by atoms with Crippen molar-refractivity contribution in [2.45, 2.75) is 26.2 Å². The van der Waals surface area contributed by atoms with E-state index in [4.69, 9.17) is 10.00 Å². The quantitative estimate of drug-likeness (QED) is 0.743. The van der Waals surface area contributed by atoms with E-state index in [2.05, 4.69) is 32.2 Å². The van der Waals surface area contributed by atoms with Crippen molar-refractivity contribution >= 4 is 11.6 Å². The molecule has 1 aliphatic heterocycles. The van der Waals surface area contributed by atoms with Gasteiger partial charge in [-0.1, -0.05) is 20.8 Å². The maximum atomic E-state index is 11.2. The lowest BCUT2D eigenvalue weighted by Crippen LogP contribution is -2.26. The predicted octanol–water partition coefficient (Wildman–Crippen LogP) is 2.19. The highest BCUT2D eigenvalue weighted by atomic mass is 16.5. The van der Waals surface area contributed by atoms with Crippen molar-refractivity contribution in [3.05, 3.63) is 23.3 Å². The molecule has 1 N–H and O–H groups in total. The minimum atomic E-state index is -0.225. The Morgan fingerprint density at radius 3 is 2.71 bits per heavy atom. The van der Waals surface area contributed by atoms with Gasteiger partial charge in [-0.05, 0) is 23.1 Å². The number of amides is 1. The summed E-state index contributed by atoms with van der Waals surface area (Å²) in [6.07, 6.45) is 0. The summed E-state index contributed by atoms with van der Waals surface area (Å²) in [5, 5.41) is 11.8. The zero-order valence-corrected chi connectivity index (χ0v) is 10.1. The number of rotatable bonds is 0. The number of benzene rings is 1. The summed E-state index contributed by atoms with van der Waals surface area (Å²) in [5.74, 6) is 0.353. The van der Waals surface area contributed by atoms with E-state index >= 15 is 0 Å². The van der Waals surface area contributed by atoms with Crippen LogP contribution in [0.1, 0.15) is 31.9 Å². The first kappa shape index (κ1) is 11.5. The van der Waals surface area contributed by atoms with E-state index in [0.29, 0.717) is 17.0 Å². The average Bonchev–Trinajstić information content (AvgIpc) is 2.26. The molecule has 0 aromatic heterocycles. The Labute approximate surface area is 100 Å². The number of nitrogens with one attached hydrogen (secondary N) is 1. The second-order valence-electron chi connectivity index (χ2n) is 5.10. The molecule has 0 fully saturated rings. The summed E-state index contributed by atoms with van der Waals surface area (Å²) in [5.41, 5.74) is 1.88. The summed E-state index contributed by atoms with van der Waals surface area (Å²) in [4.78, 5) is 11.2. The molecular weight excluding hydrogens is 216 g/mol. The molecule has 1 aromatic rings. The Morgan fingerprint density at radius 1 is 1.41 bits per heavy atom. The van der Waals surface area contributed by atoms with Crippen LogP contribution in [0.15, 0.2) is 12.1 Å². The maximum Gasteiger partial charge on any atom is 0.262 e. The number of hydrogen-bond donors (Lipinski definition) is 1. The van der Waals surface area contributed by atoms with Gasteiger partial charge in [0, 0.05) is 0 Å². The minimum absolute atomic E-state index is 0.00542. The molecule has 17 heavy (non-hydrogen) atoms. The van der Waals surface area contributed by atoms with Crippen molar-refractivity contribution in [2.75, 3.05) is 11.9 Å². The van der Waals surface area contributed by atoms with Gasteiger partial charge < -0.3 is 10.1 Å². The first-order valence-corrected chi connectivity index (χ1v) is 5.43. The number of carbonyl (C=O) groups is 1. The number of fused-ring (bicyclic) bond motifs is 1. The van der Waals surface area contributed by atoms with Gasteiger partial charge in [0.15, 0.2) is 6.61 Å². The van der Waals surface area contributed by atoms with Crippen LogP contribution in [0.5, 0.6) is 5.75 Å². The second kappa shape index (κ2) is 3.77. The third-order valence-corrected chi connectivity index (χ3v) is 2.71. The topological polar surface area (TPSA) is 62.1 Å². The SMILES string of the molecule is CC(C)(C)c1cc(C#N)c2c(c1)OCC(=O)N2. The molecule has 0 atom stereocenters. The Kier molecular flexibility index (Phi) is 2.55. The zero-order chi connectivity index (χ0) is 12.6. The number of nitriles is 1. The van der Waals surface area contributed by atoms with E-state index < -0.39 is 0 Å². The first-order valence-electron chi connectivity index (χ1n) is 5.43. The molecular formula is C13H14N2O2. The highest BCUT2D eigenvalue weighted by Gasteiger charge is 2.23. The van der Waals surface area contributed by atoms with Crippen LogP contribution in [-0.2, 0) is 10.2 Å². The summed E-state index contributed by atoms with van der Waals surface area (Å²) in [6.45, 7) is 6.21. The van der Waals surface area contributed by atoms with E-state index in [0.717, 1.165) is 5.56 Å². The van der Waals surface area contributed by atoms with Crippen LogP contribution >= 0.6 is 0 Å². The first-order chi connectivity index (χ1) is 7.91. The van der Waals surface area contributed by atoms with E-state index in [1.165, 1.54) is 0 Å². The Bertz CT molecular complexity index is 521. The molecule has 0 radical (unpaired) electrons. The van der Waals surface area contributed by atoms with Crippen LogP contribution in [0.4, 0.5) is 5.69 Å². The highest BCUT2D eigenvalue weighted by molar-refractivity contribution is 5.97. The Morgan fingerprint density at radius 2 is 2.12 bits per heavy atom. The van der Waals surface area contributed by atoms with Gasteiger partial charge in [-0.2, -0.15) is 5.26 Å². The fourth-order valence-electron chi connectivity index (χ4n) is 1.70. The summed E-state index contributed by atoms with van der Waals surface area (Å²) in [7, 11) is 0. The lowest BCUT2D eigenvalue weighted by molar-refractivity contribution is -0.118. The largest absolute Gasteiger partial charge is 0.482 e. The second-order valence-corrected chi connectivity index (χ2v) is 5.10. The fraction of sp³-hybridized carbons (Fsp3) is 0.385. The molecule has 1 aromatic carbocycles. The van der Waals surface area contributed by atoms with E-state index in [1.54, 1.807) is 6.07 Å². The predicted molar refractivity (Wildman–Crippen MR) is 64.0 cm³/mol. The third-order valence-electron chi connectivity index (χ3n) is 2.71. The van der Waals surface area contributed by atoms with Crippen LogP contribution < -0.4 is 10.1 Å². The maximum absolute atomic E-state index is 11.2. The molecule has 1 aliphatic rings. The summed E-state index contributed by atoms with van der Waals surface area (Å²) in [6, 6.07) is 5.78. The fourth-order valence-corrected chi connectivity index (χ4v) is 1.70. The van der Waals surface area contributed by atoms with Gasteiger partial charge in [0.05, 0.1) is 5.56 Å². The van der Waals surface area contributed by atoms with Gasteiger partial charge in [-0.25, -0.2) is 0 Å². The zero-order valence-electron chi connectivity index (χ0n) is 10.1. The third kappa shape index (κ3) is 2.09. The summed E-state index contributed by atoms with van der Waals surface area (Å²) < 4.78 is 5.35. The Balaban J connectivity index is 2.59. The van der Waals surface area contributed by atoms with Crippen molar-refractivity contribution < 1.29 is 9.53 Å². The number of hydrogen-bond acceptors (Lipinski definition) is 3. The van der Waals surface area contributed by atoms with E-state index in [1.807, 2.05) is 6.07 Å². The lowest BCUT2D eigenvalue weighted by atomic mass is 9.85. The Hall–Kier alpha value is -2.02. The normalized spacial score (nSPS) is 14.4. The molecule has 0 saturated carbocycles. The van der Waals surface area contributed by atoms with Crippen molar-refractivity contribution in [1.82, 2.24) is 0 Å². The van der Waals surface area contributed by atoms with Crippen molar-refractivity contribution in [1.29, 1.82) is 5.26 Å². The number of carbonyl (C=O) groups excluding carboxylic acids is 1. The molecule has 0 unspecified atom stereocenters. The molecule has 88 valence electrons. The molecule has 0 bridgehead atoms. The van der Waals surface area contributed by atoms with E-state index in [-0.39, 0.29) is 17.9 Å². The van der Waals surface area contributed by atoms with Gasteiger partial charge in [-0.3, -0.25) is 4.79 Å². The minimum Gasteiger partial charge on any atom is -0.482 e. The van der Waals surface area contributed by atoms with Crippen LogP contribution in [0, 0.1) is 11.3 Å². The molecule has 2 rings (SSSR count). The van der Waals surface area contributed by atoms with E-state index in [9.17, 15) is 4.79 Å². The number of anilines is 1. The standard InChI is InChI=1S/C13H14N2O2/c1-13(2,3)9-4-8(6-14)12-10(5-9)17-7-11(16)15-12/h4-5H,7H2,1-3H3,(H,15,16). The van der Waals surface area contributed by atoms with Gasteiger partial charge in [0.25, 0.3) is 5.91 Å².